The molecule has 3 aliphatic rings. The zero-order valence-electron chi connectivity index (χ0n) is 9.98. The third kappa shape index (κ3) is 1.37. The van der Waals surface area contributed by atoms with E-state index in [0.29, 0.717) is 12.8 Å². The van der Waals surface area contributed by atoms with Crippen molar-refractivity contribution in [3.8, 4) is 11.5 Å². The van der Waals surface area contributed by atoms with Crippen molar-refractivity contribution >= 4 is 0 Å². The number of hydrogen-bond acceptors (Lipinski definition) is 4. The highest BCUT2D eigenvalue weighted by Gasteiger charge is 2.35. The molecule has 0 spiro atoms. The molecule has 1 unspecified atom stereocenters. The van der Waals surface area contributed by atoms with E-state index < -0.39 is 0 Å². The second-order valence-electron chi connectivity index (χ2n) is 5.15. The number of benzene rings is 1. The lowest BCUT2D eigenvalue weighted by Gasteiger charge is -2.35. The standard InChI is InChI=1S/C13H16N2O2/c1-14-2-3-15-6-9-4-12-13(17-8-16-12)5-10(9)11(15)7-14/h4-5,11H,2-3,6-8H2,1H3. The molecular weight excluding hydrogens is 216 g/mol. The van der Waals surface area contributed by atoms with E-state index in [1.54, 1.807) is 0 Å². The molecule has 4 nitrogen and oxygen atoms in total. The number of fused-ring (bicyclic) bond motifs is 4. The fraction of sp³-hybridized carbons (Fsp3) is 0.538. The first-order valence-electron chi connectivity index (χ1n) is 6.16. The molecule has 1 fully saturated rings. The van der Waals surface area contributed by atoms with E-state index in [9.17, 15) is 0 Å². The van der Waals surface area contributed by atoms with Gasteiger partial charge in [-0.3, -0.25) is 4.90 Å². The minimum atomic E-state index is 0.368. The normalized spacial score (nSPS) is 27.0. The predicted octanol–water partition coefficient (Wildman–Crippen LogP) is 1.22. The topological polar surface area (TPSA) is 24.9 Å². The van der Waals surface area contributed by atoms with Crippen molar-refractivity contribution < 1.29 is 9.47 Å². The number of likely N-dealkylation sites (N-methyl/N-ethyl adjacent to an activating group) is 1. The maximum absolute atomic E-state index is 5.48. The van der Waals surface area contributed by atoms with Gasteiger partial charge in [-0.05, 0) is 30.3 Å². The van der Waals surface area contributed by atoms with Crippen LogP contribution in [0.5, 0.6) is 11.5 Å². The molecule has 0 bridgehead atoms. The molecule has 0 aliphatic carbocycles. The molecule has 4 heteroatoms. The summed E-state index contributed by atoms with van der Waals surface area (Å²) in [5.41, 5.74) is 2.84. The maximum atomic E-state index is 5.48. The van der Waals surface area contributed by atoms with Gasteiger partial charge >= 0.3 is 0 Å². The van der Waals surface area contributed by atoms with Gasteiger partial charge in [-0.1, -0.05) is 0 Å². The third-order valence-electron chi connectivity index (χ3n) is 4.06. The second kappa shape index (κ2) is 3.37. The molecule has 3 heterocycles. The molecule has 3 aliphatic heterocycles. The van der Waals surface area contributed by atoms with Crippen molar-refractivity contribution in [1.82, 2.24) is 9.80 Å². The Kier molecular flexibility index (Phi) is 1.93. The fourth-order valence-electron chi connectivity index (χ4n) is 3.11. The molecule has 17 heavy (non-hydrogen) atoms. The summed E-state index contributed by atoms with van der Waals surface area (Å²) in [7, 11) is 2.20. The fourth-order valence-corrected chi connectivity index (χ4v) is 3.11. The van der Waals surface area contributed by atoms with Gasteiger partial charge in [0.2, 0.25) is 6.79 Å². The van der Waals surface area contributed by atoms with Gasteiger partial charge in [0, 0.05) is 32.2 Å². The van der Waals surface area contributed by atoms with Crippen LogP contribution >= 0.6 is 0 Å². The lowest BCUT2D eigenvalue weighted by atomic mass is 10.0. The minimum absolute atomic E-state index is 0.368. The first-order valence-corrected chi connectivity index (χ1v) is 6.16. The van der Waals surface area contributed by atoms with Crippen LogP contribution in [0.3, 0.4) is 0 Å². The Morgan fingerprint density at radius 2 is 2.00 bits per heavy atom. The molecule has 0 radical (unpaired) electrons. The van der Waals surface area contributed by atoms with E-state index in [-0.39, 0.29) is 0 Å². The van der Waals surface area contributed by atoms with Crippen molar-refractivity contribution in [3.63, 3.8) is 0 Å². The van der Waals surface area contributed by atoms with Crippen molar-refractivity contribution in [2.24, 2.45) is 0 Å². The SMILES string of the molecule is CN1CCN2Cc3cc4c(cc3C2C1)OCO4. The lowest BCUT2D eigenvalue weighted by Crippen LogP contribution is -2.43. The van der Waals surface area contributed by atoms with Crippen LogP contribution in [-0.2, 0) is 6.54 Å². The van der Waals surface area contributed by atoms with Crippen LogP contribution in [0, 0.1) is 0 Å². The maximum Gasteiger partial charge on any atom is 0.231 e. The molecule has 1 aromatic carbocycles. The lowest BCUT2D eigenvalue weighted by molar-refractivity contribution is 0.100. The Morgan fingerprint density at radius 1 is 1.18 bits per heavy atom. The molecular formula is C13H16N2O2. The number of hydrogen-bond donors (Lipinski definition) is 0. The van der Waals surface area contributed by atoms with Gasteiger partial charge in [0.15, 0.2) is 11.5 Å². The van der Waals surface area contributed by atoms with Crippen LogP contribution in [0.4, 0.5) is 0 Å². The first kappa shape index (κ1) is 9.74. The number of ether oxygens (including phenoxy) is 2. The van der Waals surface area contributed by atoms with Crippen molar-refractivity contribution in [3.05, 3.63) is 23.3 Å². The summed E-state index contributed by atoms with van der Waals surface area (Å²) in [4.78, 5) is 4.96. The molecule has 0 amide bonds. The van der Waals surface area contributed by atoms with E-state index in [1.807, 2.05) is 0 Å². The van der Waals surface area contributed by atoms with Crippen LogP contribution in [0.25, 0.3) is 0 Å². The molecule has 0 aromatic heterocycles. The van der Waals surface area contributed by atoms with E-state index in [0.717, 1.165) is 37.7 Å². The Morgan fingerprint density at radius 3 is 2.88 bits per heavy atom. The summed E-state index contributed by atoms with van der Waals surface area (Å²) < 4.78 is 10.9. The van der Waals surface area contributed by atoms with E-state index in [2.05, 4.69) is 29.0 Å². The average molecular weight is 232 g/mol. The molecule has 1 aromatic rings. The van der Waals surface area contributed by atoms with Crippen molar-refractivity contribution in [2.75, 3.05) is 33.5 Å². The van der Waals surface area contributed by atoms with Crippen LogP contribution in [0.2, 0.25) is 0 Å². The Labute approximate surface area is 101 Å². The number of piperazine rings is 1. The van der Waals surface area contributed by atoms with Crippen LogP contribution in [0.1, 0.15) is 17.2 Å². The van der Waals surface area contributed by atoms with Crippen molar-refractivity contribution in [1.29, 1.82) is 0 Å². The summed E-state index contributed by atoms with van der Waals surface area (Å²) in [6.45, 7) is 4.86. The van der Waals surface area contributed by atoms with Gasteiger partial charge in [-0.15, -0.1) is 0 Å². The molecule has 0 N–H and O–H groups in total. The first-order chi connectivity index (χ1) is 8.31. The van der Waals surface area contributed by atoms with Crippen molar-refractivity contribution in [2.45, 2.75) is 12.6 Å². The van der Waals surface area contributed by atoms with Crippen LogP contribution in [0.15, 0.2) is 12.1 Å². The minimum Gasteiger partial charge on any atom is -0.454 e. The summed E-state index contributed by atoms with van der Waals surface area (Å²) in [5, 5.41) is 0. The molecule has 0 saturated carbocycles. The monoisotopic (exact) mass is 232 g/mol. The highest BCUT2D eigenvalue weighted by Crippen LogP contribution is 2.43. The zero-order chi connectivity index (χ0) is 11.4. The van der Waals surface area contributed by atoms with Gasteiger partial charge in [-0.25, -0.2) is 0 Å². The van der Waals surface area contributed by atoms with Gasteiger partial charge < -0.3 is 14.4 Å². The molecule has 1 atom stereocenters. The quantitative estimate of drug-likeness (QED) is 0.671. The highest BCUT2D eigenvalue weighted by molar-refractivity contribution is 5.51. The Hall–Kier alpha value is -1.26. The summed E-state index contributed by atoms with van der Waals surface area (Å²) in [6.07, 6.45) is 0. The van der Waals surface area contributed by atoms with Gasteiger partial charge in [0.05, 0.1) is 0 Å². The number of rotatable bonds is 0. The molecule has 90 valence electrons. The van der Waals surface area contributed by atoms with Crippen LogP contribution in [-0.4, -0.2) is 43.3 Å². The zero-order valence-corrected chi connectivity index (χ0v) is 9.98. The van der Waals surface area contributed by atoms with E-state index >= 15 is 0 Å². The van der Waals surface area contributed by atoms with E-state index in [4.69, 9.17) is 9.47 Å². The van der Waals surface area contributed by atoms with E-state index in [1.165, 1.54) is 11.1 Å². The Balaban J connectivity index is 1.76. The van der Waals surface area contributed by atoms with Gasteiger partial charge in [-0.2, -0.15) is 0 Å². The molecule has 4 rings (SSSR count). The smallest absolute Gasteiger partial charge is 0.231 e. The summed E-state index contributed by atoms with van der Waals surface area (Å²) in [5.74, 6) is 1.83. The Bertz CT molecular complexity index is 475. The highest BCUT2D eigenvalue weighted by atomic mass is 16.7. The summed E-state index contributed by atoms with van der Waals surface area (Å²) >= 11 is 0. The molecule has 1 saturated heterocycles. The number of nitrogens with zero attached hydrogens (tertiary/aromatic N) is 2. The summed E-state index contributed by atoms with van der Waals surface area (Å²) in [6, 6.07) is 4.88. The third-order valence-corrected chi connectivity index (χ3v) is 4.06. The van der Waals surface area contributed by atoms with Gasteiger partial charge in [0.1, 0.15) is 0 Å². The average Bonchev–Trinajstić information content (AvgIpc) is 2.89. The largest absolute Gasteiger partial charge is 0.454 e. The van der Waals surface area contributed by atoms with Gasteiger partial charge in [0.25, 0.3) is 0 Å². The predicted molar refractivity (Wildman–Crippen MR) is 63.2 cm³/mol. The van der Waals surface area contributed by atoms with Crippen LogP contribution < -0.4 is 9.47 Å². The second-order valence-corrected chi connectivity index (χ2v) is 5.15.